The second kappa shape index (κ2) is 6.97. The summed E-state index contributed by atoms with van der Waals surface area (Å²) in [6, 6.07) is 4.95. The zero-order chi connectivity index (χ0) is 11.9. The summed E-state index contributed by atoms with van der Waals surface area (Å²) >= 11 is 1.87. The molecule has 0 bridgehead atoms. The van der Waals surface area contributed by atoms with Gasteiger partial charge in [-0.05, 0) is 44.2 Å². The normalized spacial score (nSPS) is 22.3. The van der Waals surface area contributed by atoms with Gasteiger partial charge in [-0.15, -0.1) is 11.3 Å². The Morgan fingerprint density at radius 3 is 2.94 bits per heavy atom. The van der Waals surface area contributed by atoms with Crippen LogP contribution in [0.15, 0.2) is 29.2 Å². The molecular weight excluding hydrogens is 226 g/mol. The zero-order valence-corrected chi connectivity index (χ0v) is 11.6. The van der Waals surface area contributed by atoms with Crippen molar-refractivity contribution in [3.63, 3.8) is 0 Å². The van der Waals surface area contributed by atoms with Crippen LogP contribution in [0.2, 0.25) is 0 Å². The zero-order valence-electron chi connectivity index (χ0n) is 10.7. The molecule has 0 saturated carbocycles. The Morgan fingerprint density at radius 1 is 1.29 bits per heavy atom. The van der Waals surface area contributed by atoms with Crippen LogP contribution in [0.1, 0.15) is 43.4 Å². The van der Waals surface area contributed by atoms with Crippen molar-refractivity contribution in [3.05, 3.63) is 34.0 Å². The van der Waals surface area contributed by atoms with E-state index in [1.165, 1.54) is 43.4 Å². The molecule has 1 nitrogen and oxygen atoms in total. The number of thiophene rings is 1. The van der Waals surface area contributed by atoms with Crippen molar-refractivity contribution < 1.29 is 0 Å². The van der Waals surface area contributed by atoms with Crippen molar-refractivity contribution in [3.8, 4) is 0 Å². The summed E-state index contributed by atoms with van der Waals surface area (Å²) < 4.78 is 0. The smallest absolute Gasteiger partial charge is 0.0325 e. The highest BCUT2D eigenvalue weighted by Crippen LogP contribution is 2.22. The standard InChI is InChI=1S/C15H23NS/c1-16-15(12-14-10-7-11-17-14)13-8-5-3-2-4-6-9-13/h7-8,10-11,15-16H,2-6,9,12H2,1H3/b13-8+. The van der Waals surface area contributed by atoms with Gasteiger partial charge in [0.05, 0.1) is 0 Å². The third-order valence-corrected chi connectivity index (χ3v) is 4.51. The molecule has 94 valence electrons. The summed E-state index contributed by atoms with van der Waals surface area (Å²) in [7, 11) is 2.10. The molecule has 1 N–H and O–H groups in total. The van der Waals surface area contributed by atoms with E-state index in [4.69, 9.17) is 0 Å². The third-order valence-electron chi connectivity index (χ3n) is 3.61. The van der Waals surface area contributed by atoms with Crippen LogP contribution in [0.5, 0.6) is 0 Å². The van der Waals surface area contributed by atoms with Crippen molar-refractivity contribution in [2.75, 3.05) is 7.05 Å². The fraction of sp³-hybridized carbons (Fsp3) is 0.600. The van der Waals surface area contributed by atoms with Crippen molar-refractivity contribution in [2.45, 2.75) is 51.0 Å². The predicted molar refractivity (Wildman–Crippen MR) is 76.7 cm³/mol. The summed E-state index contributed by atoms with van der Waals surface area (Å²) in [6.07, 6.45) is 11.8. The van der Waals surface area contributed by atoms with E-state index >= 15 is 0 Å². The molecule has 0 aliphatic heterocycles. The Bertz CT molecular complexity index is 340. The number of rotatable bonds is 4. The number of hydrogen-bond acceptors (Lipinski definition) is 2. The van der Waals surface area contributed by atoms with Crippen LogP contribution in [-0.2, 0) is 6.42 Å². The molecule has 2 rings (SSSR count). The average molecular weight is 249 g/mol. The second-order valence-corrected chi connectivity index (χ2v) is 5.89. The molecule has 0 aromatic carbocycles. The maximum absolute atomic E-state index is 3.50. The van der Waals surface area contributed by atoms with Gasteiger partial charge in [-0.25, -0.2) is 0 Å². The van der Waals surface area contributed by atoms with Gasteiger partial charge in [0.2, 0.25) is 0 Å². The van der Waals surface area contributed by atoms with Gasteiger partial charge in [-0.1, -0.05) is 30.6 Å². The van der Waals surface area contributed by atoms with Crippen LogP contribution < -0.4 is 5.32 Å². The lowest BCUT2D eigenvalue weighted by Crippen LogP contribution is -2.29. The Balaban J connectivity index is 2.00. The number of nitrogens with one attached hydrogen (secondary N) is 1. The van der Waals surface area contributed by atoms with Crippen molar-refractivity contribution in [1.82, 2.24) is 5.32 Å². The van der Waals surface area contributed by atoms with Gasteiger partial charge in [0.25, 0.3) is 0 Å². The fourth-order valence-corrected chi connectivity index (χ4v) is 3.33. The molecule has 1 aromatic heterocycles. The van der Waals surface area contributed by atoms with Crippen molar-refractivity contribution >= 4 is 11.3 Å². The summed E-state index contributed by atoms with van der Waals surface area (Å²) in [5.41, 5.74) is 1.64. The van der Waals surface area contributed by atoms with Gasteiger partial charge in [0.15, 0.2) is 0 Å². The van der Waals surface area contributed by atoms with E-state index < -0.39 is 0 Å². The SMILES string of the molecule is CNC(Cc1cccs1)/C1=C/CCCCCC1. The van der Waals surface area contributed by atoms with Crippen LogP contribution in [0.4, 0.5) is 0 Å². The average Bonchev–Trinajstić information content (AvgIpc) is 2.79. The topological polar surface area (TPSA) is 12.0 Å². The number of allylic oxidation sites excluding steroid dienone is 1. The van der Waals surface area contributed by atoms with Gasteiger partial charge in [-0.3, -0.25) is 0 Å². The van der Waals surface area contributed by atoms with Crippen LogP contribution in [-0.4, -0.2) is 13.1 Å². The molecule has 1 heterocycles. The summed E-state index contributed by atoms with van der Waals surface area (Å²) in [5, 5.41) is 5.67. The third kappa shape index (κ3) is 3.97. The maximum atomic E-state index is 3.50. The molecule has 1 atom stereocenters. The minimum Gasteiger partial charge on any atom is -0.313 e. The highest BCUT2D eigenvalue weighted by molar-refractivity contribution is 7.09. The summed E-state index contributed by atoms with van der Waals surface area (Å²) in [4.78, 5) is 1.49. The Hall–Kier alpha value is -0.600. The molecule has 0 amide bonds. The van der Waals surface area contributed by atoms with E-state index in [1.54, 1.807) is 5.57 Å². The highest BCUT2D eigenvalue weighted by atomic mass is 32.1. The van der Waals surface area contributed by atoms with Gasteiger partial charge >= 0.3 is 0 Å². The molecule has 1 aliphatic rings. The van der Waals surface area contributed by atoms with E-state index in [0.717, 1.165) is 6.42 Å². The summed E-state index contributed by atoms with van der Waals surface area (Å²) in [5.74, 6) is 0. The first-order chi connectivity index (χ1) is 8.40. The monoisotopic (exact) mass is 249 g/mol. The quantitative estimate of drug-likeness (QED) is 0.790. The molecule has 0 saturated heterocycles. The van der Waals surface area contributed by atoms with E-state index in [1.807, 2.05) is 11.3 Å². The number of hydrogen-bond donors (Lipinski definition) is 1. The maximum Gasteiger partial charge on any atom is 0.0325 e. The van der Waals surface area contributed by atoms with Crippen LogP contribution in [0.3, 0.4) is 0 Å². The van der Waals surface area contributed by atoms with Crippen molar-refractivity contribution in [2.24, 2.45) is 0 Å². The Morgan fingerprint density at radius 2 is 2.18 bits per heavy atom. The lowest BCUT2D eigenvalue weighted by Gasteiger charge is -2.21. The molecular formula is C15H23NS. The molecule has 1 aromatic rings. The van der Waals surface area contributed by atoms with E-state index in [9.17, 15) is 0 Å². The van der Waals surface area contributed by atoms with Gasteiger partial charge in [0.1, 0.15) is 0 Å². The summed E-state index contributed by atoms with van der Waals surface area (Å²) in [6.45, 7) is 0. The first kappa shape index (κ1) is 12.8. The minimum atomic E-state index is 0.548. The largest absolute Gasteiger partial charge is 0.313 e. The van der Waals surface area contributed by atoms with E-state index in [-0.39, 0.29) is 0 Å². The lowest BCUT2D eigenvalue weighted by atomic mass is 9.93. The molecule has 1 unspecified atom stereocenters. The van der Waals surface area contributed by atoms with E-state index in [0.29, 0.717) is 6.04 Å². The second-order valence-electron chi connectivity index (χ2n) is 4.86. The Kier molecular flexibility index (Phi) is 5.27. The van der Waals surface area contributed by atoms with Crippen LogP contribution in [0, 0.1) is 0 Å². The van der Waals surface area contributed by atoms with Gasteiger partial charge < -0.3 is 5.32 Å². The van der Waals surface area contributed by atoms with Crippen LogP contribution in [0.25, 0.3) is 0 Å². The minimum absolute atomic E-state index is 0.548. The fourth-order valence-electron chi connectivity index (χ4n) is 2.58. The molecule has 0 spiro atoms. The first-order valence-corrected chi connectivity index (χ1v) is 7.66. The first-order valence-electron chi connectivity index (χ1n) is 6.78. The lowest BCUT2D eigenvalue weighted by molar-refractivity contribution is 0.559. The van der Waals surface area contributed by atoms with Crippen LogP contribution >= 0.6 is 11.3 Å². The molecule has 2 heteroatoms. The van der Waals surface area contributed by atoms with E-state index in [2.05, 4.69) is 36.0 Å². The molecule has 0 fully saturated rings. The predicted octanol–water partition coefficient (Wildman–Crippen LogP) is 4.16. The molecule has 1 aliphatic carbocycles. The molecule has 0 radical (unpaired) electrons. The number of likely N-dealkylation sites (N-methyl/N-ethyl adjacent to an activating group) is 1. The Labute approximate surface area is 109 Å². The highest BCUT2D eigenvalue weighted by Gasteiger charge is 2.14. The van der Waals surface area contributed by atoms with Crippen molar-refractivity contribution in [1.29, 1.82) is 0 Å². The van der Waals surface area contributed by atoms with Gasteiger partial charge in [0, 0.05) is 17.3 Å². The molecule has 17 heavy (non-hydrogen) atoms. The van der Waals surface area contributed by atoms with Gasteiger partial charge in [-0.2, -0.15) is 0 Å².